The summed E-state index contributed by atoms with van der Waals surface area (Å²) in [5.41, 5.74) is 1.72. The average Bonchev–Trinajstić information content (AvgIpc) is 2.86. The second-order valence-corrected chi connectivity index (χ2v) is 5.44. The fourth-order valence-electron chi connectivity index (χ4n) is 3.11. The molecular formula is C15H21N3O2. The number of aromatic nitrogens is 2. The Morgan fingerprint density at radius 2 is 2.20 bits per heavy atom. The quantitative estimate of drug-likeness (QED) is 0.886. The lowest BCUT2D eigenvalue weighted by Gasteiger charge is -2.33. The van der Waals surface area contributed by atoms with Crippen molar-refractivity contribution in [1.29, 1.82) is 0 Å². The van der Waals surface area contributed by atoms with E-state index in [1.807, 2.05) is 28.8 Å². The number of piperidine rings is 1. The lowest BCUT2D eigenvalue weighted by Crippen LogP contribution is -2.36. The Bertz CT molecular complexity index is 580. The van der Waals surface area contributed by atoms with Crippen molar-refractivity contribution < 1.29 is 10.2 Å². The Morgan fingerprint density at radius 3 is 3.00 bits per heavy atom. The average molecular weight is 275 g/mol. The molecule has 0 radical (unpaired) electrons. The van der Waals surface area contributed by atoms with Crippen molar-refractivity contribution in [3.05, 3.63) is 30.1 Å². The van der Waals surface area contributed by atoms with Crippen LogP contribution in [0.4, 0.5) is 5.82 Å². The third-order valence-corrected chi connectivity index (χ3v) is 4.11. The van der Waals surface area contributed by atoms with Gasteiger partial charge < -0.3 is 15.1 Å². The molecule has 1 fully saturated rings. The summed E-state index contributed by atoms with van der Waals surface area (Å²) < 4.78 is 1.95. The van der Waals surface area contributed by atoms with Crippen LogP contribution in [-0.2, 0) is 6.61 Å². The predicted molar refractivity (Wildman–Crippen MR) is 77.8 cm³/mol. The van der Waals surface area contributed by atoms with Gasteiger partial charge in [0.25, 0.3) is 0 Å². The number of aliphatic hydroxyl groups excluding tert-OH is 2. The van der Waals surface area contributed by atoms with E-state index in [2.05, 4.69) is 9.88 Å². The van der Waals surface area contributed by atoms with Gasteiger partial charge in [-0.2, -0.15) is 0 Å². The Morgan fingerprint density at radius 1 is 1.30 bits per heavy atom. The summed E-state index contributed by atoms with van der Waals surface area (Å²) in [6, 6.07) is 5.86. The molecular weight excluding hydrogens is 254 g/mol. The highest BCUT2D eigenvalue weighted by Crippen LogP contribution is 2.28. The Kier molecular flexibility index (Phi) is 3.89. The van der Waals surface area contributed by atoms with E-state index in [0.29, 0.717) is 5.92 Å². The first-order valence-electron chi connectivity index (χ1n) is 7.26. The van der Waals surface area contributed by atoms with Crippen LogP contribution in [0.5, 0.6) is 0 Å². The molecule has 108 valence electrons. The molecule has 0 spiro atoms. The highest BCUT2D eigenvalue weighted by molar-refractivity contribution is 5.56. The van der Waals surface area contributed by atoms with Gasteiger partial charge in [-0.05, 0) is 37.3 Å². The zero-order chi connectivity index (χ0) is 13.9. The van der Waals surface area contributed by atoms with Crippen molar-refractivity contribution in [1.82, 2.24) is 9.38 Å². The summed E-state index contributed by atoms with van der Waals surface area (Å²) in [4.78, 5) is 6.92. The molecule has 2 aromatic heterocycles. The van der Waals surface area contributed by atoms with Crippen LogP contribution in [-0.4, -0.2) is 39.3 Å². The normalized spacial score (nSPS) is 19.7. The lowest BCUT2D eigenvalue weighted by atomic mass is 9.95. The van der Waals surface area contributed by atoms with Crippen molar-refractivity contribution in [2.45, 2.75) is 25.9 Å². The standard InChI is InChI=1S/C15H21N3O2/c19-9-6-12-4-3-7-17(10-12)15-13(11-20)18-8-2-1-5-14(18)16-15/h1-2,5,8,12,19-20H,3-4,6-7,9-11H2. The van der Waals surface area contributed by atoms with Crippen molar-refractivity contribution in [2.75, 3.05) is 24.6 Å². The minimum Gasteiger partial charge on any atom is -0.396 e. The molecule has 3 heterocycles. The molecule has 0 aromatic carbocycles. The van der Waals surface area contributed by atoms with Gasteiger partial charge in [-0.3, -0.25) is 4.40 Å². The number of fused-ring (bicyclic) bond motifs is 1. The highest BCUT2D eigenvalue weighted by Gasteiger charge is 2.24. The maximum atomic E-state index is 9.68. The maximum Gasteiger partial charge on any atom is 0.153 e. The van der Waals surface area contributed by atoms with Gasteiger partial charge in [-0.15, -0.1) is 0 Å². The fraction of sp³-hybridized carbons (Fsp3) is 0.533. The first-order chi connectivity index (χ1) is 9.83. The van der Waals surface area contributed by atoms with Crippen LogP contribution in [0, 0.1) is 5.92 Å². The molecule has 20 heavy (non-hydrogen) atoms. The number of hydrogen-bond acceptors (Lipinski definition) is 4. The smallest absolute Gasteiger partial charge is 0.153 e. The molecule has 0 saturated carbocycles. The Labute approximate surface area is 118 Å². The first-order valence-corrected chi connectivity index (χ1v) is 7.26. The highest BCUT2D eigenvalue weighted by atomic mass is 16.3. The van der Waals surface area contributed by atoms with Crippen molar-refractivity contribution in [3.8, 4) is 0 Å². The van der Waals surface area contributed by atoms with Gasteiger partial charge in [0.15, 0.2) is 5.82 Å². The van der Waals surface area contributed by atoms with E-state index in [4.69, 9.17) is 5.11 Å². The summed E-state index contributed by atoms with van der Waals surface area (Å²) in [6.45, 7) is 2.12. The summed E-state index contributed by atoms with van der Waals surface area (Å²) in [6.07, 6.45) is 5.06. The maximum absolute atomic E-state index is 9.68. The van der Waals surface area contributed by atoms with E-state index in [0.717, 1.165) is 43.1 Å². The number of rotatable bonds is 4. The van der Waals surface area contributed by atoms with Crippen LogP contribution in [0.15, 0.2) is 24.4 Å². The summed E-state index contributed by atoms with van der Waals surface area (Å²) in [5, 5.41) is 18.8. The van der Waals surface area contributed by atoms with E-state index in [1.54, 1.807) is 0 Å². The summed E-state index contributed by atoms with van der Waals surface area (Å²) in [5.74, 6) is 1.41. The van der Waals surface area contributed by atoms with E-state index in [1.165, 1.54) is 6.42 Å². The second-order valence-electron chi connectivity index (χ2n) is 5.44. The molecule has 1 saturated heterocycles. The van der Waals surface area contributed by atoms with Crippen LogP contribution in [0.2, 0.25) is 0 Å². The Hall–Kier alpha value is -1.59. The molecule has 1 aliphatic rings. The van der Waals surface area contributed by atoms with Gasteiger partial charge in [-0.25, -0.2) is 4.98 Å². The van der Waals surface area contributed by atoms with E-state index in [-0.39, 0.29) is 13.2 Å². The monoisotopic (exact) mass is 275 g/mol. The van der Waals surface area contributed by atoms with Gasteiger partial charge in [0.1, 0.15) is 5.65 Å². The van der Waals surface area contributed by atoms with Crippen molar-refractivity contribution >= 4 is 11.5 Å². The van der Waals surface area contributed by atoms with E-state index >= 15 is 0 Å². The number of pyridine rings is 1. The van der Waals surface area contributed by atoms with Crippen LogP contribution in [0.3, 0.4) is 0 Å². The third kappa shape index (κ3) is 2.39. The van der Waals surface area contributed by atoms with Gasteiger partial charge in [-0.1, -0.05) is 6.07 Å². The lowest BCUT2D eigenvalue weighted by molar-refractivity contribution is 0.243. The minimum absolute atomic E-state index is 0.0122. The number of imidazole rings is 1. The number of hydrogen-bond donors (Lipinski definition) is 2. The van der Waals surface area contributed by atoms with Gasteiger partial charge in [0, 0.05) is 25.9 Å². The predicted octanol–water partition coefficient (Wildman–Crippen LogP) is 1.43. The Balaban J connectivity index is 1.92. The van der Waals surface area contributed by atoms with Crippen LogP contribution < -0.4 is 4.90 Å². The number of nitrogens with zero attached hydrogens (tertiary/aromatic N) is 3. The third-order valence-electron chi connectivity index (χ3n) is 4.11. The van der Waals surface area contributed by atoms with Crippen molar-refractivity contribution in [3.63, 3.8) is 0 Å². The van der Waals surface area contributed by atoms with Gasteiger partial charge in [0.05, 0.1) is 12.3 Å². The molecule has 1 unspecified atom stereocenters. The molecule has 0 aliphatic carbocycles. The molecule has 5 nitrogen and oxygen atoms in total. The molecule has 0 amide bonds. The van der Waals surface area contributed by atoms with E-state index < -0.39 is 0 Å². The van der Waals surface area contributed by atoms with Crippen LogP contribution >= 0.6 is 0 Å². The van der Waals surface area contributed by atoms with Crippen LogP contribution in [0.1, 0.15) is 25.0 Å². The molecule has 1 aliphatic heterocycles. The van der Waals surface area contributed by atoms with Gasteiger partial charge in [0.2, 0.25) is 0 Å². The first kappa shape index (κ1) is 13.4. The van der Waals surface area contributed by atoms with Gasteiger partial charge >= 0.3 is 0 Å². The minimum atomic E-state index is -0.0122. The summed E-state index contributed by atoms with van der Waals surface area (Å²) >= 11 is 0. The van der Waals surface area contributed by atoms with E-state index in [9.17, 15) is 5.11 Å². The molecule has 2 aromatic rings. The zero-order valence-corrected chi connectivity index (χ0v) is 11.6. The second kappa shape index (κ2) is 5.81. The molecule has 0 bridgehead atoms. The fourth-order valence-corrected chi connectivity index (χ4v) is 3.11. The molecule has 1 atom stereocenters. The zero-order valence-electron chi connectivity index (χ0n) is 11.6. The molecule has 5 heteroatoms. The summed E-state index contributed by atoms with van der Waals surface area (Å²) in [7, 11) is 0. The van der Waals surface area contributed by atoms with Crippen LogP contribution in [0.25, 0.3) is 5.65 Å². The molecule has 2 N–H and O–H groups in total. The SMILES string of the molecule is OCCC1CCCN(c2nc3ccccn3c2CO)C1. The molecule has 3 rings (SSSR count). The largest absolute Gasteiger partial charge is 0.396 e. The number of anilines is 1. The topological polar surface area (TPSA) is 61.0 Å². The number of aliphatic hydroxyl groups is 2. The van der Waals surface area contributed by atoms with Crippen molar-refractivity contribution in [2.24, 2.45) is 5.92 Å².